The van der Waals surface area contributed by atoms with Gasteiger partial charge in [0, 0.05) is 19.2 Å². The molecule has 1 aliphatic rings. The molecule has 2 rings (SSSR count). The van der Waals surface area contributed by atoms with Gasteiger partial charge < -0.3 is 10.6 Å². The first-order valence-electron chi connectivity index (χ1n) is 6.63. The van der Waals surface area contributed by atoms with Crippen molar-refractivity contribution in [2.75, 3.05) is 18.4 Å². The number of amides is 1. The van der Waals surface area contributed by atoms with Crippen molar-refractivity contribution in [2.24, 2.45) is 13.0 Å². The summed E-state index contributed by atoms with van der Waals surface area (Å²) in [6, 6.07) is 0. The number of hydrogen-bond acceptors (Lipinski definition) is 3. The van der Waals surface area contributed by atoms with E-state index >= 15 is 0 Å². The molecule has 18 heavy (non-hydrogen) atoms. The molecule has 1 fully saturated rings. The third-order valence-corrected chi connectivity index (χ3v) is 3.37. The van der Waals surface area contributed by atoms with Crippen molar-refractivity contribution in [3.05, 3.63) is 11.9 Å². The van der Waals surface area contributed by atoms with Gasteiger partial charge in [0.05, 0.1) is 11.4 Å². The molecule has 1 saturated heterocycles. The summed E-state index contributed by atoms with van der Waals surface area (Å²) in [5.74, 6) is 0.576. The lowest BCUT2D eigenvalue weighted by atomic mass is 9.97. The summed E-state index contributed by atoms with van der Waals surface area (Å²) in [6.07, 6.45) is 3.72. The fraction of sp³-hybridized carbons (Fsp3) is 0.692. The molecule has 0 atom stereocenters. The Bertz CT molecular complexity index is 419. The van der Waals surface area contributed by atoms with Crippen molar-refractivity contribution in [1.82, 2.24) is 15.1 Å². The molecule has 0 unspecified atom stereocenters. The van der Waals surface area contributed by atoms with Crippen LogP contribution in [0, 0.1) is 5.92 Å². The molecule has 0 aromatic carbocycles. The summed E-state index contributed by atoms with van der Waals surface area (Å²) in [5, 5.41) is 10.7. The standard InChI is InChI=1S/C13H22N4O/c1-9(2)12-11(8-17(3)16-12)15-13(18)10-4-6-14-7-5-10/h8-10,14H,4-7H2,1-3H3,(H,15,18). The van der Waals surface area contributed by atoms with Crippen molar-refractivity contribution in [3.8, 4) is 0 Å². The Morgan fingerprint density at radius 2 is 2.17 bits per heavy atom. The topological polar surface area (TPSA) is 59.0 Å². The van der Waals surface area contributed by atoms with Gasteiger partial charge in [0.2, 0.25) is 5.91 Å². The largest absolute Gasteiger partial charge is 0.323 e. The normalized spacial score (nSPS) is 17.1. The maximum atomic E-state index is 12.2. The molecular weight excluding hydrogens is 228 g/mol. The third kappa shape index (κ3) is 2.90. The number of nitrogens with one attached hydrogen (secondary N) is 2. The van der Waals surface area contributed by atoms with Crippen LogP contribution in [-0.4, -0.2) is 28.8 Å². The summed E-state index contributed by atoms with van der Waals surface area (Å²) in [4.78, 5) is 12.2. The minimum absolute atomic E-state index is 0.131. The molecule has 2 N–H and O–H groups in total. The predicted molar refractivity (Wildman–Crippen MR) is 71.5 cm³/mol. The zero-order valence-corrected chi connectivity index (χ0v) is 11.4. The van der Waals surface area contributed by atoms with Crippen LogP contribution in [0.4, 0.5) is 5.69 Å². The number of rotatable bonds is 3. The lowest BCUT2D eigenvalue weighted by Gasteiger charge is -2.21. The van der Waals surface area contributed by atoms with Gasteiger partial charge in [0.15, 0.2) is 0 Å². The zero-order valence-electron chi connectivity index (χ0n) is 11.4. The molecule has 1 amide bonds. The summed E-state index contributed by atoms with van der Waals surface area (Å²) >= 11 is 0. The van der Waals surface area contributed by atoms with Crippen LogP contribution in [0.2, 0.25) is 0 Å². The van der Waals surface area contributed by atoms with Gasteiger partial charge in [-0.15, -0.1) is 0 Å². The predicted octanol–water partition coefficient (Wildman–Crippen LogP) is 1.48. The molecule has 5 heteroatoms. The number of aryl methyl sites for hydroxylation is 1. The molecule has 1 aliphatic heterocycles. The molecule has 1 aromatic rings. The van der Waals surface area contributed by atoms with Crippen molar-refractivity contribution < 1.29 is 4.79 Å². The summed E-state index contributed by atoms with van der Waals surface area (Å²) in [6.45, 7) is 6.04. The van der Waals surface area contributed by atoms with E-state index in [0.29, 0.717) is 5.92 Å². The van der Waals surface area contributed by atoms with Crippen LogP contribution in [0.15, 0.2) is 6.20 Å². The van der Waals surface area contributed by atoms with E-state index in [4.69, 9.17) is 0 Å². The molecule has 0 aliphatic carbocycles. The van der Waals surface area contributed by atoms with Crippen LogP contribution in [0.3, 0.4) is 0 Å². The number of piperidine rings is 1. The van der Waals surface area contributed by atoms with Gasteiger partial charge in [-0.25, -0.2) is 0 Å². The first-order chi connectivity index (χ1) is 8.58. The van der Waals surface area contributed by atoms with Gasteiger partial charge in [-0.1, -0.05) is 13.8 Å². The highest BCUT2D eigenvalue weighted by Gasteiger charge is 2.22. The van der Waals surface area contributed by atoms with Gasteiger partial charge in [0.25, 0.3) is 0 Å². The van der Waals surface area contributed by atoms with Crippen LogP contribution in [0.5, 0.6) is 0 Å². The number of carbonyl (C=O) groups excluding carboxylic acids is 1. The molecule has 5 nitrogen and oxygen atoms in total. The fourth-order valence-corrected chi connectivity index (χ4v) is 2.35. The Morgan fingerprint density at radius 1 is 1.50 bits per heavy atom. The molecule has 100 valence electrons. The minimum atomic E-state index is 0.131. The van der Waals surface area contributed by atoms with Gasteiger partial charge in [-0.05, 0) is 31.8 Å². The van der Waals surface area contributed by atoms with E-state index in [-0.39, 0.29) is 11.8 Å². The number of hydrogen-bond donors (Lipinski definition) is 2. The molecule has 0 spiro atoms. The fourth-order valence-electron chi connectivity index (χ4n) is 2.35. The average Bonchev–Trinajstić information content (AvgIpc) is 2.71. The van der Waals surface area contributed by atoms with Crippen LogP contribution in [0.25, 0.3) is 0 Å². The Morgan fingerprint density at radius 3 is 2.78 bits per heavy atom. The smallest absolute Gasteiger partial charge is 0.227 e. The maximum Gasteiger partial charge on any atom is 0.227 e. The summed E-state index contributed by atoms with van der Waals surface area (Å²) in [5.41, 5.74) is 1.82. The highest BCUT2D eigenvalue weighted by molar-refractivity contribution is 5.93. The Kier molecular flexibility index (Phi) is 4.01. The number of carbonyl (C=O) groups is 1. The first kappa shape index (κ1) is 13.1. The van der Waals surface area contributed by atoms with Crippen LogP contribution in [-0.2, 0) is 11.8 Å². The Balaban J connectivity index is 2.06. The molecular formula is C13H22N4O. The summed E-state index contributed by atoms with van der Waals surface area (Å²) in [7, 11) is 1.88. The Hall–Kier alpha value is -1.36. The van der Waals surface area contributed by atoms with Gasteiger partial charge in [-0.3, -0.25) is 9.48 Å². The highest BCUT2D eigenvalue weighted by atomic mass is 16.1. The Labute approximate surface area is 108 Å². The molecule has 0 radical (unpaired) electrons. The van der Waals surface area contributed by atoms with Crippen molar-refractivity contribution in [3.63, 3.8) is 0 Å². The number of anilines is 1. The van der Waals surface area contributed by atoms with Gasteiger partial charge in [-0.2, -0.15) is 5.10 Å². The maximum absolute atomic E-state index is 12.2. The van der Waals surface area contributed by atoms with Gasteiger partial charge in [0.1, 0.15) is 0 Å². The second-order valence-corrected chi connectivity index (χ2v) is 5.27. The SMILES string of the molecule is CC(C)c1nn(C)cc1NC(=O)C1CCNCC1. The van der Waals surface area contributed by atoms with Crippen LogP contribution >= 0.6 is 0 Å². The van der Waals surface area contributed by atoms with E-state index in [2.05, 4.69) is 29.6 Å². The third-order valence-electron chi connectivity index (χ3n) is 3.37. The van der Waals surface area contributed by atoms with E-state index in [1.807, 2.05) is 13.2 Å². The van der Waals surface area contributed by atoms with Crippen LogP contribution in [0.1, 0.15) is 38.3 Å². The van der Waals surface area contributed by atoms with E-state index < -0.39 is 0 Å². The lowest BCUT2D eigenvalue weighted by Crippen LogP contribution is -2.34. The van der Waals surface area contributed by atoms with Crippen molar-refractivity contribution in [1.29, 1.82) is 0 Å². The van der Waals surface area contributed by atoms with E-state index in [9.17, 15) is 4.79 Å². The summed E-state index contributed by atoms with van der Waals surface area (Å²) < 4.78 is 1.76. The number of nitrogens with zero attached hydrogens (tertiary/aromatic N) is 2. The van der Waals surface area contributed by atoms with Gasteiger partial charge >= 0.3 is 0 Å². The average molecular weight is 250 g/mol. The molecule has 0 saturated carbocycles. The monoisotopic (exact) mass is 250 g/mol. The zero-order chi connectivity index (χ0) is 13.1. The molecule has 0 bridgehead atoms. The minimum Gasteiger partial charge on any atom is -0.323 e. The number of aromatic nitrogens is 2. The first-order valence-corrected chi connectivity index (χ1v) is 6.63. The highest BCUT2D eigenvalue weighted by Crippen LogP contribution is 2.23. The van der Waals surface area contributed by atoms with E-state index in [1.54, 1.807) is 4.68 Å². The molecule has 1 aromatic heterocycles. The van der Waals surface area contributed by atoms with Crippen molar-refractivity contribution in [2.45, 2.75) is 32.6 Å². The van der Waals surface area contributed by atoms with Crippen molar-refractivity contribution >= 4 is 11.6 Å². The molecule has 2 heterocycles. The van der Waals surface area contributed by atoms with Crippen LogP contribution < -0.4 is 10.6 Å². The quantitative estimate of drug-likeness (QED) is 0.854. The van der Waals surface area contributed by atoms with E-state index in [0.717, 1.165) is 37.3 Å². The lowest BCUT2D eigenvalue weighted by molar-refractivity contribution is -0.120. The second kappa shape index (κ2) is 5.52. The van der Waals surface area contributed by atoms with E-state index in [1.165, 1.54) is 0 Å². The second-order valence-electron chi connectivity index (χ2n) is 5.27.